The molecule has 0 aliphatic carbocycles. The van der Waals surface area contributed by atoms with Gasteiger partial charge in [-0.2, -0.15) is 0 Å². The normalized spacial score (nSPS) is 34.2. The molecular formula is C11H21ClN2O2. The van der Waals surface area contributed by atoms with E-state index in [9.17, 15) is 4.79 Å². The van der Waals surface area contributed by atoms with E-state index >= 15 is 0 Å². The van der Waals surface area contributed by atoms with Gasteiger partial charge in [-0.15, -0.1) is 12.4 Å². The average molecular weight is 249 g/mol. The van der Waals surface area contributed by atoms with Gasteiger partial charge in [-0.25, -0.2) is 0 Å². The molecule has 4 nitrogen and oxygen atoms in total. The lowest BCUT2D eigenvalue weighted by Gasteiger charge is -2.28. The molecule has 0 saturated carbocycles. The Labute approximate surface area is 103 Å². The fraction of sp³-hybridized carbons (Fsp3) is 0.909. The number of carbonyl (C=O) groups is 1. The molecule has 5 heteroatoms. The quantitative estimate of drug-likeness (QED) is 0.757. The number of halogens is 1. The van der Waals surface area contributed by atoms with Crippen LogP contribution in [-0.2, 0) is 9.53 Å². The van der Waals surface area contributed by atoms with E-state index in [1.165, 1.54) is 0 Å². The first-order valence-electron chi connectivity index (χ1n) is 5.80. The predicted octanol–water partition coefficient (Wildman–Crippen LogP) is 0.703. The third kappa shape index (κ3) is 3.09. The molecule has 1 amide bonds. The zero-order valence-electron chi connectivity index (χ0n) is 9.75. The highest BCUT2D eigenvalue weighted by molar-refractivity contribution is 5.85. The predicted molar refractivity (Wildman–Crippen MR) is 64.8 cm³/mol. The van der Waals surface area contributed by atoms with E-state index in [1.54, 1.807) is 0 Å². The van der Waals surface area contributed by atoms with Gasteiger partial charge in [0.15, 0.2) is 0 Å². The van der Waals surface area contributed by atoms with Gasteiger partial charge in [0.05, 0.1) is 18.1 Å². The topological polar surface area (TPSA) is 50.4 Å². The second-order valence-electron chi connectivity index (χ2n) is 4.87. The summed E-state index contributed by atoms with van der Waals surface area (Å²) in [5.41, 5.74) is -0.211. The smallest absolute Gasteiger partial charge is 0.227 e. The van der Waals surface area contributed by atoms with Gasteiger partial charge in [0.25, 0.3) is 0 Å². The van der Waals surface area contributed by atoms with Crippen LogP contribution in [0.5, 0.6) is 0 Å². The molecule has 0 aromatic carbocycles. The van der Waals surface area contributed by atoms with E-state index in [0.717, 1.165) is 39.0 Å². The fourth-order valence-corrected chi connectivity index (χ4v) is 2.22. The van der Waals surface area contributed by atoms with E-state index in [2.05, 4.69) is 10.6 Å². The summed E-state index contributed by atoms with van der Waals surface area (Å²) in [7, 11) is 0. The van der Waals surface area contributed by atoms with Crippen molar-refractivity contribution >= 4 is 18.3 Å². The molecule has 2 aliphatic rings. The molecule has 16 heavy (non-hydrogen) atoms. The summed E-state index contributed by atoms with van der Waals surface area (Å²) in [5, 5.41) is 6.34. The number of rotatable bonds is 2. The Kier molecular flexibility index (Phi) is 5.02. The highest BCUT2D eigenvalue weighted by atomic mass is 35.5. The number of nitrogens with one attached hydrogen (secondary N) is 2. The summed E-state index contributed by atoms with van der Waals surface area (Å²) < 4.78 is 5.35. The minimum Gasteiger partial charge on any atom is -0.379 e. The van der Waals surface area contributed by atoms with Gasteiger partial charge in [-0.3, -0.25) is 4.79 Å². The van der Waals surface area contributed by atoms with Crippen molar-refractivity contribution in [3.8, 4) is 0 Å². The molecule has 2 rings (SSSR count). The van der Waals surface area contributed by atoms with Crippen LogP contribution in [-0.4, -0.2) is 38.3 Å². The van der Waals surface area contributed by atoms with Crippen molar-refractivity contribution in [3.63, 3.8) is 0 Å². The van der Waals surface area contributed by atoms with E-state index in [0.29, 0.717) is 6.61 Å². The highest BCUT2D eigenvalue weighted by Gasteiger charge is 2.37. The molecule has 0 radical (unpaired) electrons. The zero-order chi connectivity index (χ0) is 10.7. The van der Waals surface area contributed by atoms with Crippen LogP contribution in [0.3, 0.4) is 0 Å². The summed E-state index contributed by atoms with van der Waals surface area (Å²) in [4.78, 5) is 12.0. The Hall–Kier alpha value is -0.320. The number of ether oxygens (including phenoxy) is 1. The number of amides is 1. The molecule has 2 atom stereocenters. The minimum absolute atomic E-state index is 0. The highest BCUT2D eigenvalue weighted by Crippen LogP contribution is 2.25. The second-order valence-corrected chi connectivity index (χ2v) is 4.87. The number of hydrogen-bond acceptors (Lipinski definition) is 3. The SMILES string of the molecule is CC1(C(=O)NC2CCCOC2)CCNC1.Cl. The van der Waals surface area contributed by atoms with Crippen LogP contribution in [0, 0.1) is 5.41 Å². The Balaban J connectivity index is 0.00000128. The molecule has 0 bridgehead atoms. The molecule has 2 heterocycles. The maximum Gasteiger partial charge on any atom is 0.227 e. The van der Waals surface area contributed by atoms with E-state index < -0.39 is 0 Å². The first kappa shape index (κ1) is 13.7. The summed E-state index contributed by atoms with van der Waals surface area (Å²) in [5.74, 6) is 0.183. The van der Waals surface area contributed by atoms with Crippen LogP contribution >= 0.6 is 12.4 Å². The summed E-state index contributed by atoms with van der Waals surface area (Å²) in [6.07, 6.45) is 3.04. The Morgan fingerprint density at radius 1 is 1.56 bits per heavy atom. The molecule has 2 unspecified atom stereocenters. The van der Waals surface area contributed by atoms with Gasteiger partial charge in [0, 0.05) is 13.2 Å². The molecule has 0 aromatic rings. The van der Waals surface area contributed by atoms with Crippen LogP contribution in [0.4, 0.5) is 0 Å². The van der Waals surface area contributed by atoms with Crippen molar-refractivity contribution in [2.45, 2.75) is 32.2 Å². The van der Waals surface area contributed by atoms with E-state index in [1.807, 2.05) is 6.92 Å². The van der Waals surface area contributed by atoms with Gasteiger partial charge < -0.3 is 15.4 Å². The average Bonchev–Trinajstić information content (AvgIpc) is 2.68. The lowest BCUT2D eigenvalue weighted by Crippen LogP contribution is -2.48. The monoisotopic (exact) mass is 248 g/mol. The van der Waals surface area contributed by atoms with Gasteiger partial charge >= 0.3 is 0 Å². The summed E-state index contributed by atoms with van der Waals surface area (Å²) in [6.45, 7) is 5.30. The summed E-state index contributed by atoms with van der Waals surface area (Å²) >= 11 is 0. The van der Waals surface area contributed by atoms with Crippen LogP contribution in [0.1, 0.15) is 26.2 Å². The standard InChI is InChI=1S/C11H20N2O2.ClH/c1-11(4-5-12-8-11)10(14)13-9-3-2-6-15-7-9;/h9,12H,2-8H2,1H3,(H,13,14);1H. The molecule has 0 aromatic heterocycles. The third-order valence-electron chi connectivity index (χ3n) is 3.41. The van der Waals surface area contributed by atoms with Crippen molar-refractivity contribution in [1.82, 2.24) is 10.6 Å². The van der Waals surface area contributed by atoms with Crippen molar-refractivity contribution in [2.75, 3.05) is 26.3 Å². The van der Waals surface area contributed by atoms with Crippen LogP contribution in [0.15, 0.2) is 0 Å². The van der Waals surface area contributed by atoms with Crippen molar-refractivity contribution in [2.24, 2.45) is 5.41 Å². The molecule has 2 N–H and O–H groups in total. The molecule has 2 fully saturated rings. The Morgan fingerprint density at radius 3 is 2.94 bits per heavy atom. The number of carbonyl (C=O) groups excluding carboxylic acids is 1. The van der Waals surface area contributed by atoms with Crippen LogP contribution in [0.25, 0.3) is 0 Å². The molecular weight excluding hydrogens is 228 g/mol. The minimum atomic E-state index is -0.211. The van der Waals surface area contributed by atoms with Crippen molar-refractivity contribution < 1.29 is 9.53 Å². The van der Waals surface area contributed by atoms with Crippen molar-refractivity contribution in [1.29, 1.82) is 0 Å². The van der Waals surface area contributed by atoms with Crippen LogP contribution < -0.4 is 10.6 Å². The Bertz CT molecular complexity index is 236. The molecule has 0 spiro atoms. The first-order valence-corrected chi connectivity index (χ1v) is 5.80. The second kappa shape index (κ2) is 5.84. The lowest BCUT2D eigenvalue weighted by atomic mass is 9.88. The van der Waals surface area contributed by atoms with Gasteiger partial charge in [0.1, 0.15) is 0 Å². The largest absolute Gasteiger partial charge is 0.379 e. The molecule has 2 aliphatic heterocycles. The van der Waals surface area contributed by atoms with Crippen LogP contribution in [0.2, 0.25) is 0 Å². The van der Waals surface area contributed by atoms with E-state index in [4.69, 9.17) is 4.74 Å². The maximum atomic E-state index is 12.0. The Morgan fingerprint density at radius 2 is 2.38 bits per heavy atom. The number of hydrogen-bond donors (Lipinski definition) is 2. The summed E-state index contributed by atoms with van der Waals surface area (Å²) in [6, 6.07) is 0.226. The maximum absolute atomic E-state index is 12.0. The zero-order valence-corrected chi connectivity index (χ0v) is 10.6. The van der Waals surface area contributed by atoms with Gasteiger partial charge in [0.2, 0.25) is 5.91 Å². The third-order valence-corrected chi connectivity index (χ3v) is 3.41. The van der Waals surface area contributed by atoms with Gasteiger partial charge in [-0.1, -0.05) is 0 Å². The molecule has 94 valence electrons. The fourth-order valence-electron chi connectivity index (χ4n) is 2.22. The first-order chi connectivity index (χ1) is 7.21. The van der Waals surface area contributed by atoms with E-state index in [-0.39, 0.29) is 29.8 Å². The van der Waals surface area contributed by atoms with Gasteiger partial charge in [-0.05, 0) is 32.7 Å². The molecule has 2 saturated heterocycles. The van der Waals surface area contributed by atoms with Crippen molar-refractivity contribution in [3.05, 3.63) is 0 Å². The lowest BCUT2D eigenvalue weighted by molar-refractivity contribution is -0.130.